The minimum Gasteiger partial charge on any atom is -0.447 e. The molecule has 0 aliphatic carbocycles. The van der Waals surface area contributed by atoms with Crippen molar-refractivity contribution in [1.82, 2.24) is 10.2 Å². The smallest absolute Gasteiger partial charge is 0.416 e. The van der Waals surface area contributed by atoms with Gasteiger partial charge in [-0.15, -0.1) is 0 Å². The first kappa shape index (κ1) is 8.25. The number of hydrogen-bond donors (Lipinski definition) is 1. The molecule has 70 valence electrons. The molecule has 2 aliphatic rings. The molecule has 0 aromatic heterocycles. The SMILES string of the molecule is O=C(C=C1CNC1)N1CCOC1=O. The molecule has 13 heavy (non-hydrogen) atoms. The first-order chi connectivity index (χ1) is 6.27. The van der Waals surface area contributed by atoms with Gasteiger partial charge in [0.1, 0.15) is 6.61 Å². The second kappa shape index (κ2) is 3.18. The monoisotopic (exact) mass is 182 g/mol. The standard InChI is InChI=1S/C8H10N2O3/c11-7(3-6-4-9-5-6)10-1-2-13-8(10)12/h3,9H,1-2,4-5H2. The zero-order chi connectivity index (χ0) is 9.26. The minimum absolute atomic E-state index is 0.265. The summed E-state index contributed by atoms with van der Waals surface area (Å²) in [5, 5.41) is 3.01. The molecule has 0 radical (unpaired) electrons. The van der Waals surface area contributed by atoms with Crippen molar-refractivity contribution in [1.29, 1.82) is 0 Å². The van der Waals surface area contributed by atoms with Crippen molar-refractivity contribution in [2.45, 2.75) is 0 Å². The highest BCUT2D eigenvalue weighted by Crippen LogP contribution is 2.07. The molecule has 5 heteroatoms. The third-order valence-corrected chi connectivity index (χ3v) is 2.06. The highest BCUT2D eigenvalue weighted by atomic mass is 16.6. The number of carbonyl (C=O) groups excluding carboxylic acids is 2. The topological polar surface area (TPSA) is 58.6 Å². The van der Waals surface area contributed by atoms with Crippen LogP contribution in [0.5, 0.6) is 0 Å². The lowest BCUT2D eigenvalue weighted by Crippen LogP contribution is -2.37. The van der Waals surface area contributed by atoms with Crippen LogP contribution in [0, 0.1) is 0 Å². The molecule has 0 aromatic rings. The van der Waals surface area contributed by atoms with Gasteiger partial charge in [0.25, 0.3) is 5.91 Å². The molecule has 2 amide bonds. The van der Waals surface area contributed by atoms with Gasteiger partial charge in [0.05, 0.1) is 6.54 Å². The van der Waals surface area contributed by atoms with Crippen molar-refractivity contribution in [3.05, 3.63) is 11.6 Å². The highest BCUT2D eigenvalue weighted by Gasteiger charge is 2.27. The molecule has 0 unspecified atom stereocenters. The molecule has 2 rings (SSSR count). The number of nitrogens with zero attached hydrogens (tertiary/aromatic N) is 1. The Labute approximate surface area is 75.3 Å². The molecule has 2 saturated heterocycles. The molecular weight excluding hydrogens is 172 g/mol. The van der Waals surface area contributed by atoms with Crippen LogP contribution in [-0.4, -0.2) is 43.1 Å². The van der Waals surface area contributed by atoms with Crippen LogP contribution >= 0.6 is 0 Å². The van der Waals surface area contributed by atoms with E-state index >= 15 is 0 Å². The lowest BCUT2D eigenvalue weighted by molar-refractivity contribution is -0.122. The van der Waals surface area contributed by atoms with Crippen LogP contribution in [0.25, 0.3) is 0 Å². The molecule has 0 bridgehead atoms. The van der Waals surface area contributed by atoms with E-state index in [1.165, 1.54) is 6.08 Å². The maximum Gasteiger partial charge on any atom is 0.416 e. The Morgan fingerprint density at radius 1 is 1.54 bits per heavy atom. The number of ether oxygens (including phenoxy) is 1. The van der Waals surface area contributed by atoms with Gasteiger partial charge in [-0.05, 0) is 5.57 Å². The van der Waals surface area contributed by atoms with E-state index in [-0.39, 0.29) is 5.91 Å². The summed E-state index contributed by atoms with van der Waals surface area (Å²) in [4.78, 5) is 23.4. The molecule has 2 fully saturated rings. The van der Waals surface area contributed by atoms with Crippen molar-refractivity contribution in [3.8, 4) is 0 Å². The van der Waals surface area contributed by atoms with Gasteiger partial charge in [0, 0.05) is 19.2 Å². The average Bonchev–Trinajstić information content (AvgIpc) is 2.43. The number of carbonyl (C=O) groups is 2. The van der Waals surface area contributed by atoms with Crippen LogP contribution in [0.4, 0.5) is 4.79 Å². The van der Waals surface area contributed by atoms with Gasteiger partial charge in [0.2, 0.25) is 0 Å². The third kappa shape index (κ3) is 1.55. The van der Waals surface area contributed by atoms with Crippen molar-refractivity contribution in [3.63, 3.8) is 0 Å². The second-order valence-electron chi connectivity index (χ2n) is 3.01. The lowest BCUT2D eigenvalue weighted by Gasteiger charge is -2.18. The summed E-state index contributed by atoms with van der Waals surface area (Å²) < 4.78 is 4.64. The predicted octanol–water partition coefficient (Wildman–Crippen LogP) is -0.505. The Morgan fingerprint density at radius 3 is 2.77 bits per heavy atom. The summed E-state index contributed by atoms with van der Waals surface area (Å²) in [6, 6.07) is 0. The summed E-state index contributed by atoms with van der Waals surface area (Å²) in [6.07, 6.45) is 0.970. The van der Waals surface area contributed by atoms with Gasteiger partial charge in [-0.2, -0.15) is 0 Å². The Kier molecular flexibility index (Phi) is 2.02. The van der Waals surface area contributed by atoms with E-state index in [1.807, 2.05) is 0 Å². The third-order valence-electron chi connectivity index (χ3n) is 2.06. The Balaban J connectivity index is 1.99. The largest absolute Gasteiger partial charge is 0.447 e. The summed E-state index contributed by atoms with van der Waals surface area (Å²) in [5.41, 5.74) is 1.03. The van der Waals surface area contributed by atoms with Gasteiger partial charge >= 0.3 is 6.09 Å². The van der Waals surface area contributed by atoms with Crippen molar-refractivity contribution >= 4 is 12.0 Å². The van der Waals surface area contributed by atoms with Crippen LogP contribution in [0.15, 0.2) is 11.6 Å². The number of nitrogens with one attached hydrogen (secondary N) is 1. The summed E-state index contributed by atoms with van der Waals surface area (Å²) >= 11 is 0. The quantitative estimate of drug-likeness (QED) is 0.555. The van der Waals surface area contributed by atoms with Crippen molar-refractivity contribution in [2.24, 2.45) is 0 Å². The number of rotatable bonds is 1. The normalized spacial score (nSPS) is 21.1. The zero-order valence-electron chi connectivity index (χ0n) is 7.08. The molecule has 1 N–H and O–H groups in total. The van der Waals surface area contributed by atoms with E-state index < -0.39 is 6.09 Å². The Bertz CT molecular complexity index is 279. The van der Waals surface area contributed by atoms with Crippen LogP contribution < -0.4 is 5.32 Å². The van der Waals surface area contributed by atoms with Crippen molar-refractivity contribution < 1.29 is 14.3 Å². The Hall–Kier alpha value is -1.36. The second-order valence-corrected chi connectivity index (χ2v) is 3.01. The van der Waals surface area contributed by atoms with Gasteiger partial charge in [0.15, 0.2) is 0 Å². The molecule has 2 aliphatic heterocycles. The fourth-order valence-corrected chi connectivity index (χ4v) is 1.22. The zero-order valence-corrected chi connectivity index (χ0v) is 7.08. The molecule has 0 spiro atoms. The van der Waals surface area contributed by atoms with Gasteiger partial charge in [-0.1, -0.05) is 0 Å². The average molecular weight is 182 g/mol. The predicted molar refractivity (Wildman–Crippen MR) is 44.0 cm³/mol. The van der Waals surface area contributed by atoms with E-state index in [0.29, 0.717) is 13.2 Å². The minimum atomic E-state index is -0.533. The van der Waals surface area contributed by atoms with E-state index in [0.717, 1.165) is 23.6 Å². The molecule has 0 aromatic carbocycles. The van der Waals surface area contributed by atoms with Crippen LogP contribution in [-0.2, 0) is 9.53 Å². The molecule has 0 saturated carbocycles. The number of amides is 2. The fraction of sp³-hybridized carbons (Fsp3) is 0.500. The van der Waals surface area contributed by atoms with Gasteiger partial charge in [-0.3, -0.25) is 4.79 Å². The first-order valence-corrected chi connectivity index (χ1v) is 4.16. The molecule has 5 nitrogen and oxygen atoms in total. The van der Waals surface area contributed by atoms with Crippen LogP contribution in [0.1, 0.15) is 0 Å². The highest BCUT2D eigenvalue weighted by molar-refractivity contribution is 5.99. The molecule has 0 atom stereocenters. The Morgan fingerprint density at radius 2 is 2.31 bits per heavy atom. The van der Waals surface area contributed by atoms with E-state index in [2.05, 4.69) is 10.1 Å². The first-order valence-electron chi connectivity index (χ1n) is 4.16. The maximum absolute atomic E-state index is 11.4. The van der Waals surface area contributed by atoms with Crippen LogP contribution in [0.2, 0.25) is 0 Å². The van der Waals surface area contributed by atoms with E-state index in [4.69, 9.17) is 0 Å². The number of imide groups is 1. The van der Waals surface area contributed by atoms with E-state index in [9.17, 15) is 9.59 Å². The molecule has 2 heterocycles. The van der Waals surface area contributed by atoms with Crippen LogP contribution in [0.3, 0.4) is 0 Å². The van der Waals surface area contributed by atoms with E-state index in [1.54, 1.807) is 0 Å². The number of hydrogen-bond acceptors (Lipinski definition) is 4. The van der Waals surface area contributed by atoms with Gasteiger partial charge < -0.3 is 10.1 Å². The van der Waals surface area contributed by atoms with Crippen molar-refractivity contribution in [2.75, 3.05) is 26.2 Å². The lowest BCUT2D eigenvalue weighted by atomic mass is 10.1. The summed E-state index contributed by atoms with van der Waals surface area (Å²) in [6.45, 7) is 2.17. The number of cyclic esters (lactones) is 1. The fourth-order valence-electron chi connectivity index (χ4n) is 1.22. The summed E-state index contributed by atoms with van der Waals surface area (Å²) in [7, 11) is 0. The van der Waals surface area contributed by atoms with Gasteiger partial charge in [-0.25, -0.2) is 9.69 Å². The summed E-state index contributed by atoms with van der Waals surface area (Å²) in [5.74, 6) is -0.265. The molecular formula is C8H10N2O3. The maximum atomic E-state index is 11.4.